The summed E-state index contributed by atoms with van der Waals surface area (Å²) >= 11 is 0. The van der Waals surface area contributed by atoms with Crippen molar-refractivity contribution in [2.45, 2.75) is 69.8 Å². The predicted molar refractivity (Wildman–Crippen MR) is 101 cm³/mol. The van der Waals surface area contributed by atoms with E-state index in [0.29, 0.717) is 5.92 Å². The van der Waals surface area contributed by atoms with Crippen LogP contribution < -0.4 is 0 Å². The van der Waals surface area contributed by atoms with Crippen molar-refractivity contribution in [3.63, 3.8) is 0 Å². The minimum Gasteiger partial charge on any atom is -0.385 e. The molecule has 1 saturated carbocycles. The Morgan fingerprint density at radius 3 is 2.24 bits per heavy atom. The molecule has 0 radical (unpaired) electrons. The normalized spacial score (nSPS) is 24.0. The number of aliphatic hydroxyl groups is 1. The first kappa shape index (κ1) is 18.8. The molecule has 3 heteroatoms. The van der Waals surface area contributed by atoms with Crippen LogP contribution in [0.25, 0.3) is 0 Å². The molecule has 1 aliphatic carbocycles. The van der Waals surface area contributed by atoms with Crippen LogP contribution in [0.4, 0.5) is 4.39 Å². The predicted octanol–water partition coefficient (Wildman–Crippen LogP) is 5.00. The molecule has 0 bridgehead atoms. The van der Waals surface area contributed by atoms with Crippen molar-refractivity contribution >= 4 is 0 Å². The monoisotopic (exact) mass is 348 g/mol. The molecular formula is C22H35FNO+. The Morgan fingerprint density at radius 1 is 1.00 bits per heavy atom. The molecule has 0 spiro atoms. The van der Waals surface area contributed by atoms with Crippen LogP contribution in [0.3, 0.4) is 0 Å². The zero-order valence-corrected chi connectivity index (χ0v) is 15.9. The van der Waals surface area contributed by atoms with Gasteiger partial charge in [-0.2, -0.15) is 0 Å². The lowest BCUT2D eigenvalue weighted by atomic mass is 9.71. The van der Waals surface area contributed by atoms with E-state index < -0.39 is 5.60 Å². The average molecular weight is 349 g/mol. The second-order valence-electron chi connectivity index (χ2n) is 8.72. The van der Waals surface area contributed by atoms with E-state index in [1.54, 1.807) is 12.1 Å². The van der Waals surface area contributed by atoms with Crippen LogP contribution in [-0.4, -0.2) is 36.3 Å². The third kappa shape index (κ3) is 4.62. The maximum absolute atomic E-state index is 13.4. The molecule has 0 aromatic heterocycles. The fraction of sp³-hybridized carbons (Fsp3) is 0.727. The summed E-state index contributed by atoms with van der Waals surface area (Å²) < 4.78 is 14.5. The maximum Gasteiger partial charge on any atom is 0.123 e. The van der Waals surface area contributed by atoms with Gasteiger partial charge in [-0.25, -0.2) is 4.39 Å². The van der Waals surface area contributed by atoms with Gasteiger partial charge >= 0.3 is 0 Å². The molecule has 1 aliphatic heterocycles. The number of likely N-dealkylation sites (tertiary alicyclic amines) is 1. The first-order valence-corrected chi connectivity index (χ1v) is 10.3. The standard InChI is InChI=1S/C22H35FNO/c1-24(16-6-3-7-17-24)18-8-15-22(25,19-9-4-2-5-10-19)20-11-13-21(23)14-12-20/h11-14,19,25H,2-10,15-18H2,1H3/q+1/t22-/m0/s1. The summed E-state index contributed by atoms with van der Waals surface area (Å²) in [6, 6.07) is 6.62. The molecule has 1 heterocycles. The van der Waals surface area contributed by atoms with E-state index in [2.05, 4.69) is 7.05 Å². The van der Waals surface area contributed by atoms with E-state index in [9.17, 15) is 9.50 Å². The highest BCUT2D eigenvalue weighted by atomic mass is 19.1. The summed E-state index contributed by atoms with van der Waals surface area (Å²) in [4.78, 5) is 0. The Balaban J connectivity index is 1.70. The Bertz CT molecular complexity index is 531. The summed E-state index contributed by atoms with van der Waals surface area (Å²) in [5.41, 5.74) is 0.130. The summed E-state index contributed by atoms with van der Waals surface area (Å²) in [6.07, 6.45) is 11.8. The van der Waals surface area contributed by atoms with Crippen LogP contribution in [0.15, 0.2) is 24.3 Å². The second kappa shape index (κ2) is 8.18. The lowest BCUT2D eigenvalue weighted by Gasteiger charge is -2.41. The van der Waals surface area contributed by atoms with Gasteiger partial charge in [-0.05, 0) is 68.6 Å². The van der Waals surface area contributed by atoms with Crippen LogP contribution in [0.5, 0.6) is 0 Å². The minimum absolute atomic E-state index is 0.221. The maximum atomic E-state index is 13.4. The number of benzene rings is 1. The van der Waals surface area contributed by atoms with Crippen LogP contribution in [0.2, 0.25) is 0 Å². The summed E-state index contributed by atoms with van der Waals surface area (Å²) in [5.74, 6) is 0.0968. The number of piperidine rings is 1. The van der Waals surface area contributed by atoms with Gasteiger partial charge in [0.05, 0.1) is 32.3 Å². The molecule has 0 amide bonds. The van der Waals surface area contributed by atoms with Crippen molar-refractivity contribution in [1.29, 1.82) is 0 Å². The first-order chi connectivity index (χ1) is 12.0. The molecule has 140 valence electrons. The van der Waals surface area contributed by atoms with Crippen LogP contribution in [0, 0.1) is 11.7 Å². The van der Waals surface area contributed by atoms with E-state index in [-0.39, 0.29) is 5.82 Å². The molecule has 2 nitrogen and oxygen atoms in total. The van der Waals surface area contributed by atoms with Crippen LogP contribution in [0.1, 0.15) is 69.8 Å². The Morgan fingerprint density at radius 2 is 1.60 bits per heavy atom. The zero-order chi connectivity index (χ0) is 17.8. The SMILES string of the molecule is C[N+]1(CCC[C@@](O)(c2ccc(F)cc2)C2CCCCC2)CCCCC1. The minimum atomic E-state index is -0.789. The smallest absolute Gasteiger partial charge is 0.123 e. The molecule has 2 aliphatic rings. The molecule has 2 fully saturated rings. The third-order valence-electron chi connectivity index (χ3n) is 6.78. The average Bonchev–Trinajstić information content (AvgIpc) is 2.63. The molecule has 0 unspecified atom stereocenters. The number of halogens is 1. The van der Waals surface area contributed by atoms with Crippen molar-refractivity contribution in [2.24, 2.45) is 5.92 Å². The second-order valence-corrected chi connectivity index (χ2v) is 8.72. The summed E-state index contributed by atoms with van der Waals surface area (Å²) in [7, 11) is 2.37. The van der Waals surface area contributed by atoms with Gasteiger partial charge in [-0.1, -0.05) is 31.4 Å². The number of hydrogen-bond donors (Lipinski definition) is 1. The fourth-order valence-electron chi connectivity index (χ4n) is 5.13. The zero-order valence-electron chi connectivity index (χ0n) is 15.9. The Hall–Kier alpha value is -0.930. The van der Waals surface area contributed by atoms with E-state index >= 15 is 0 Å². The van der Waals surface area contributed by atoms with Gasteiger partial charge in [0.15, 0.2) is 0 Å². The van der Waals surface area contributed by atoms with Crippen molar-refractivity contribution in [2.75, 3.05) is 26.7 Å². The van der Waals surface area contributed by atoms with Gasteiger partial charge in [-0.3, -0.25) is 0 Å². The number of rotatable bonds is 6. The van der Waals surface area contributed by atoms with E-state index in [1.807, 2.05) is 0 Å². The van der Waals surface area contributed by atoms with Crippen LogP contribution in [-0.2, 0) is 5.60 Å². The van der Waals surface area contributed by atoms with E-state index in [4.69, 9.17) is 0 Å². The molecule has 1 N–H and O–H groups in total. The molecule has 1 saturated heterocycles. The molecule has 3 rings (SSSR count). The number of nitrogens with zero attached hydrogens (tertiary/aromatic N) is 1. The number of hydrogen-bond acceptors (Lipinski definition) is 1. The van der Waals surface area contributed by atoms with Gasteiger partial charge in [0.25, 0.3) is 0 Å². The topological polar surface area (TPSA) is 20.2 Å². The number of quaternary nitrogens is 1. The molecule has 1 atom stereocenters. The molecular weight excluding hydrogens is 313 g/mol. The van der Waals surface area contributed by atoms with Crippen molar-refractivity contribution < 1.29 is 14.0 Å². The lowest BCUT2D eigenvalue weighted by molar-refractivity contribution is -0.914. The molecule has 25 heavy (non-hydrogen) atoms. The van der Waals surface area contributed by atoms with Gasteiger partial charge in [-0.15, -0.1) is 0 Å². The first-order valence-electron chi connectivity index (χ1n) is 10.3. The molecule has 1 aromatic carbocycles. The Kier molecular flexibility index (Phi) is 6.17. The summed E-state index contributed by atoms with van der Waals surface area (Å²) in [5, 5.41) is 11.7. The van der Waals surface area contributed by atoms with Crippen molar-refractivity contribution in [3.8, 4) is 0 Å². The quantitative estimate of drug-likeness (QED) is 0.717. The highest BCUT2D eigenvalue weighted by molar-refractivity contribution is 5.24. The van der Waals surface area contributed by atoms with Crippen LogP contribution >= 0.6 is 0 Å². The van der Waals surface area contributed by atoms with E-state index in [1.165, 1.54) is 63.7 Å². The summed E-state index contributed by atoms with van der Waals surface area (Å²) in [6.45, 7) is 3.70. The highest BCUT2D eigenvalue weighted by Crippen LogP contribution is 2.42. The largest absolute Gasteiger partial charge is 0.385 e. The van der Waals surface area contributed by atoms with Gasteiger partial charge < -0.3 is 9.59 Å². The molecule has 1 aromatic rings. The lowest BCUT2D eigenvalue weighted by Crippen LogP contribution is -2.49. The van der Waals surface area contributed by atoms with E-state index in [0.717, 1.165) is 42.3 Å². The Labute approximate surface area is 152 Å². The van der Waals surface area contributed by atoms with Crippen molar-refractivity contribution in [1.82, 2.24) is 0 Å². The van der Waals surface area contributed by atoms with Gasteiger partial charge in [0, 0.05) is 0 Å². The third-order valence-corrected chi connectivity index (χ3v) is 6.78. The van der Waals surface area contributed by atoms with Gasteiger partial charge in [0.2, 0.25) is 0 Å². The van der Waals surface area contributed by atoms with Gasteiger partial charge in [0.1, 0.15) is 5.82 Å². The fourth-order valence-corrected chi connectivity index (χ4v) is 5.13. The van der Waals surface area contributed by atoms with Crippen molar-refractivity contribution in [3.05, 3.63) is 35.6 Å². The highest BCUT2D eigenvalue weighted by Gasteiger charge is 2.39.